The van der Waals surface area contributed by atoms with Gasteiger partial charge in [-0.1, -0.05) is 37.6 Å². The minimum absolute atomic E-state index is 0.612. The molecule has 1 aliphatic heterocycles. The Kier molecular flexibility index (Phi) is 3.03. The van der Waals surface area contributed by atoms with Crippen molar-refractivity contribution in [3.8, 4) is 0 Å². The Morgan fingerprint density at radius 3 is 2.94 bits per heavy atom. The molecule has 3 rings (SSSR count). The van der Waals surface area contributed by atoms with Crippen molar-refractivity contribution in [1.82, 2.24) is 5.32 Å². The van der Waals surface area contributed by atoms with E-state index in [1.165, 1.54) is 24.8 Å². The molecule has 1 heterocycles. The maximum atomic E-state index is 3.71. The van der Waals surface area contributed by atoms with Gasteiger partial charge in [0, 0.05) is 6.04 Å². The van der Waals surface area contributed by atoms with E-state index in [1.54, 1.807) is 22.3 Å². The number of fused-ring (bicyclic) bond motifs is 2. The average molecular weight is 241 g/mol. The summed E-state index contributed by atoms with van der Waals surface area (Å²) in [4.78, 5) is 0. The largest absolute Gasteiger partial charge is 0.310 e. The zero-order valence-corrected chi connectivity index (χ0v) is 11.7. The summed E-state index contributed by atoms with van der Waals surface area (Å²) < 4.78 is 0. The molecule has 1 unspecified atom stereocenters. The molecule has 1 nitrogen and oxygen atoms in total. The van der Waals surface area contributed by atoms with E-state index < -0.39 is 0 Å². The van der Waals surface area contributed by atoms with Gasteiger partial charge in [-0.05, 0) is 60.9 Å². The van der Waals surface area contributed by atoms with Gasteiger partial charge in [-0.15, -0.1) is 0 Å². The number of benzene rings is 1. The first-order valence-electron chi connectivity index (χ1n) is 7.20. The second-order valence-corrected chi connectivity index (χ2v) is 6.23. The fourth-order valence-corrected chi connectivity index (χ4v) is 3.43. The molecule has 1 aromatic rings. The van der Waals surface area contributed by atoms with Crippen LogP contribution < -0.4 is 5.32 Å². The molecule has 18 heavy (non-hydrogen) atoms. The third kappa shape index (κ3) is 2.01. The van der Waals surface area contributed by atoms with Crippen LogP contribution >= 0.6 is 0 Å². The molecule has 96 valence electrons. The highest BCUT2D eigenvalue weighted by molar-refractivity contribution is 5.78. The number of aryl methyl sites for hydroxylation is 1. The summed E-state index contributed by atoms with van der Waals surface area (Å²) in [5.41, 5.74) is 7.80. The summed E-state index contributed by atoms with van der Waals surface area (Å²) in [6, 6.07) is 7.58. The van der Waals surface area contributed by atoms with Crippen molar-refractivity contribution in [2.45, 2.75) is 46.1 Å². The van der Waals surface area contributed by atoms with Gasteiger partial charge in [0.2, 0.25) is 0 Å². The standard InChI is InChI=1S/C17H23N/c1-11(2)8-17-16-10-13-5-4-12(3)9-15(13)14(16)6-7-18-17/h4-5,9,11,17-18H,6-8,10H2,1-3H3. The van der Waals surface area contributed by atoms with E-state index in [4.69, 9.17) is 0 Å². The van der Waals surface area contributed by atoms with Gasteiger partial charge < -0.3 is 5.32 Å². The lowest BCUT2D eigenvalue weighted by Crippen LogP contribution is -2.36. The molecule has 1 N–H and O–H groups in total. The summed E-state index contributed by atoms with van der Waals surface area (Å²) in [5.74, 6) is 0.764. The van der Waals surface area contributed by atoms with Crippen molar-refractivity contribution in [3.05, 3.63) is 40.5 Å². The van der Waals surface area contributed by atoms with Crippen molar-refractivity contribution in [2.24, 2.45) is 5.92 Å². The van der Waals surface area contributed by atoms with E-state index in [9.17, 15) is 0 Å². The fourth-order valence-electron chi connectivity index (χ4n) is 3.43. The quantitative estimate of drug-likeness (QED) is 0.832. The van der Waals surface area contributed by atoms with E-state index in [0.717, 1.165) is 12.5 Å². The summed E-state index contributed by atoms with van der Waals surface area (Å²) in [6.07, 6.45) is 3.65. The van der Waals surface area contributed by atoms with Gasteiger partial charge in [0.25, 0.3) is 0 Å². The lowest BCUT2D eigenvalue weighted by Gasteiger charge is -2.28. The van der Waals surface area contributed by atoms with E-state index in [0.29, 0.717) is 6.04 Å². The lowest BCUT2D eigenvalue weighted by atomic mass is 9.89. The van der Waals surface area contributed by atoms with Crippen LogP contribution in [0.4, 0.5) is 0 Å². The monoisotopic (exact) mass is 241 g/mol. The Balaban J connectivity index is 1.96. The van der Waals surface area contributed by atoms with Gasteiger partial charge in [0.05, 0.1) is 0 Å². The molecule has 1 atom stereocenters. The van der Waals surface area contributed by atoms with Gasteiger partial charge in [-0.25, -0.2) is 0 Å². The lowest BCUT2D eigenvalue weighted by molar-refractivity contribution is 0.449. The third-order valence-corrected chi connectivity index (χ3v) is 4.25. The molecule has 0 radical (unpaired) electrons. The molecule has 0 spiro atoms. The van der Waals surface area contributed by atoms with Gasteiger partial charge in [-0.2, -0.15) is 0 Å². The minimum Gasteiger partial charge on any atom is -0.310 e. The Hall–Kier alpha value is -1.08. The fraction of sp³-hybridized carbons (Fsp3) is 0.529. The Bertz CT molecular complexity index is 496. The smallest absolute Gasteiger partial charge is 0.0291 e. The molecule has 2 aliphatic rings. The molecule has 0 saturated carbocycles. The van der Waals surface area contributed by atoms with Gasteiger partial charge in [-0.3, -0.25) is 0 Å². The SMILES string of the molecule is Cc1ccc2c(c1)C1=C(C2)C(CC(C)C)NCC1. The van der Waals surface area contributed by atoms with Gasteiger partial charge >= 0.3 is 0 Å². The number of hydrogen-bond acceptors (Lipinski definition) is 1. The molecular formula is C17H23N. The second kappa shape index (κ2) is 4.55. The highest BCUT2D eigenvalue weighted by Crippen LogP contribution is 2.39. The van der Waals surface area contributed by atoms with Crippen molar-refractivity contribution in [3.63, 3.8) is 0 Å². The molecule has 1 aromatic carbocycles. The molecule has 0 aromatic heterocycles. The van der Waals surface area contributed by atoms with Crippen LogP contribution in [0.15, 0.2) is 23.8 Å². The van der Waals surface area contributed by atoms with Gasteiger partial charge in [0.15, 0.2) is 0 Å². The summed E-state index contributed by atoms with van der Waals surface area (Å²) in [7, 11) is 0. The number of rotatable bonds is 2. The summed E-state index contributed by atoms with van der Waals surface area (Å²) in [6.45, 7) is 7.99. The average Bonchev–Trinajstić information content (AvgIpc) is 2.68. The first-order valence-corrected chi connectivity index (χ1v) is 7.20. The van der Waals surface area contributed by atoms with Gasteiger partial charge in [0.1, 0.15) is 0 Å². The van der Waals surface area contributed by atoms with Crippen molar-refractivity contribution >= 4 is 5.57 Å². The third-order valence-electron chi connectivity index (χ3n) is 4.25. The first kappa shape index (κ1) is 12.0. The Morgan fingerprint density at radius 1 is 1.33 bits per heavy atom. The van der Waals surface area contributed by atoms with Crippen LogP contribution in [0.25, 0.3) is 5.57 Å². The minimum atomic E-state index is 0.612. The molecule has 0 amide bonds. The molecule has 0 saturated heterocycles. The molecule has 0 bridgehead atoms. The summed E-state index contributed by atoms with van der Waals surface area (Å²) >= 11 is 0. The predicted molar refractivity (Wildman–Crippen MR) is 77.7 cm³/mol. The van der Waals surface area contributed by atoms with E-state index in [1.807, 2.05) is 0 Å². The van der Waals surface area contributed by atoms with Crippen LogP contribution in [0.2, 0.25) is 0 Å². The molecule has 1 aliphatic carbocycles. The number of hydrogen-bond donors (Lipinski definition) is 1. The maximum absolute atomic E-state index is 3.71. The topological polar surface area (TPSA) is 12.0 Å². The van der Waals surface area contributed by atoms with Crippen LogP contribution in [0.5, 0.6) is 0 Å². The summed E-state index contributed by atoms with van der Waals surface area (Å²) in [5, 5.41) is 3.71. The van der Waals surface area contributed by atoms with Crippen molar-refractivity contribution in [1.29, 1.82) is 0 Å². The van der Waals surface area contributed by atoms with Crippen molar-refractivity contribution in [2.75, 3.05) is 6.54 Å². The van der Waals surface area contributed by atoms with Crippen LogP contribution in [0, 0.1) is 12.8 Å². The molecular weight excluding hydrogens is 218 g/mol. The Morgan fingerprint density at radius 2 is 2.17 bits per heavy atom. The number of nitrogens with one attached hydrogen (secondary N) is 1. The predicted octanol–water partition coefficient (Wildman–Crippen LogP) is 3.71. The molecule has 1 heteroatoms. The molecule has 0 fully saturated rings. The zero-order chi connectivity index (χ0) is 12.7. The van der Waals surface area contributed by atoms with Crippen molar-refractivity contribution < 1.29 is 0 Å². The highest BCUT2D eigenvalue weighted by atomic mass is 14.9. The van der Waals surface area contributed by atoms with E-state index in [-0.39, 0.29) is 0 Å². The van der Waals surface area contributed by atoms with Crippen LogP contribution in [0.3, 0.4) is 0 Å². The second-order valence-electron chi connectivity index (χ2n) is 6.23. The van der Waals surface area contributed by atoms with E-state index in [2.05, 4.69) is 44.3 Å². The highest BCUT2D eigenvalue weighted by Gasteiger charge is 2.29. The maximum Gasteiger partial charge on any atom is 0.0291 e. The first-order chi connectivity index (χ1) is 8.65. The van der Waals surface area contributed by atoms with Crippen LogP contribution in [0.1, 0.15) is 43.4 Å². The zero-order valence-electron chi connectivity index (χ0n) is 11.7. The van der Waals surface area contributed by atoms with Crippen LogP contribution in [-0.4, -0.2) is 12.6 Å². The normalized spacial score (nSPS) is 22.3. The van der Waals surface area contributed by atoms with E-state index >= 15 is 0 Å². The van der Waals surface area contributed by atoms with Crippen LogP contribution in [-0.2, 0) is 6.42 Å². The Labute approximate surface area is 110 Å².